The van der Waals surface area contributed by atoms with Gasteiger partial charge in [0, 0.05) is 30.5 Å². The standard InChI is InChI=1S/C18H20N2O4S/c21-25(22,16-7-8-17-18(13-16)24-12-11-23-17)19-14-3-5-15(6-4-14)20-9-1-2-10-20/h3-8,13,19H,1-2,9-12H2. The van der Waals surface area contributed by atoms with Crippen molar-refractivity contribution in [1.82, 2.24) is 0 Å². The van der Waals surface area contributed by atoms with Crippen LogP contribution in [-0.4, -0.2) is 34.7 Å². The fourth-order valence-corrected chi connectivity index (χ4v) is 4.19. The fourth-order valence-electron chi connectivity index (χ4n) is 3.12. The first-order chi connectivity index (χ1) is 12.1. The predicted octanol–water partition coefficient (Wildman–Crippen LogP) is 2.86. The van der Waals surface area contributed by atoms with Gasteiger partial charge < -0.3 is 14.4 Å². The smallest absolute Gasteiger partial charge is 0.262 e. The van der Waals surface area contributed by atoms with Crippen molar-refractivity contribution in [2.45, 2.75) is 17.7 Å². The lowest BCUT2D eigenvalue weighted by Gasteiger charge is -2.19. The Hall–Kier alpha value is -2.41. The summed E-state index contributed by atoms with van der Waals surface area (Å²) >= 11 is 0. The molecule has 6 nitrogen and oxygen atoms in total. The van der Waals surface area contributed by atoms with E-state index < -0.39 is 10.0 Å². The largest absolute Gasteiger partial charge is 0.486 e. The summed E-state index contributed by atoms with van der Waals surface area (Å²) in [6.07, 6.45) is 2.41. The van der Waals surface area contributed by atoms with Crippen LogP contribution < -0.4 is 19.1 Å². The molecule has 4 rings (SSSR count). The first-order valence-corrected chi connectivity index (χ1v) is 9.88. The zero-order valence-corrected chi connectivity index (χ0v) is 14.6. The van der Waals surface area contributed by atoms with Crippen LogP contribution in [0.15, 0.2) is 47.4 Å². The van der Waals surface area contributed by atoms with Crippen molar-refractivity contribution in [3.05, 3.63) is 42.5 Å². The van der Waals surface area contributed by atoms with Gasteiger partial charge in [0.2, 0.25) is 0 Å². The van der Waals surface area contributed by atoms with Crippen molar-refractivity contribution < 1.29 is 17.9 Å². The number of anilines is 2. The molecule has 2 aromatic rings. The van der Waals surface area contributed by atoms with E-state index in [4.69, 9.17) is 9.47 Å². The third kappa shape index (κ3) is 3.37. The van der Waals surface area contributed by atoms with E-state index in [9.17, 15) is 8.42 Å². The highest BCUT2D eigenvalue weighted by Crippen LogP contribution is 2.33. The van der Waals surface area contributed by atoms with E-state index in [-0.39, 0.29) is 4.90 Å². The third-order valence-electron chi connectivity index (χ3n) is 4.41. The van der Waals surface area contributed by atoms with Gasteiger partial charge >= 0.3 is 0 Å². The Morgan fingerprint density at radius 3 is 2.28 bits per heavy atom. The molecule has 1 saturated heterocycles. The summed E-state index contributed by atoms with van der Waals surface area (Å²) in [5.41, 5.74) is 1.66. The van der Waals surface area contributed by atoms with E-state index in [1.807, 2.05) is 12.1 Å². The van der Waals surface area contributed by atoms with Crippen molar-refractivity contribution in [1.29, 1.82) is 0 Å². The van der Waals surface area contributed by atoms with E-state index in [1.54, 1.807) is 18.2 Å². The van der Waals surface area contributed by atoms with Gasteiger partial charge in [-0.05, 0) is 49.2 Å². The van der Waals surface area contributed by atoms with Gasteiger partial charge in [-0.15, -0.1) is 0 Å². The van der Waals surface area contributed by atoms with Gasteiger partial charge in [0.15, 0.2) is 11.5 Å². The van der Waals surface area contributed by atoms with Gasteiger partial charge in [0.1, 0.15) is 13.2 Å². The number of benzene rings is 2. The molecule has 0 aliphatic carbocycles. The zero-order valence-electron chi connectivity index (χ0n) is 13.8. The molecule has 7 heteroatoms. The molecular formula is C18H20N2O4S. The molecule has 2 aromatic carbocycles. The summed E-state index contributed by atoms with van der Waals surface area (Å²) in [4.78, 5) is 2.46. The SMILES string of the molecule is O=S(=O)(Nc1ccc(N2CCCC2)cc1)c1ccc2c(c1)OCCO2. The monoisotopic (exact) mass is 360 g/mol. The maximum Gasteiger partial charge on any atom is 0.262 e. The van der Waals surface area contributed by atoms with Crippen LogP contribution in [0.3, 0.4) is 0 Å². The Morgan fingerprint density at radius 2 is 1.56 bits per heavy atom. The van der Waals surface area contributed by atoms with Crippen molar-refractivity contribution in [3.63, 3.8) is 0 Å². The Morgan fingerprint density at radius 1 is 0.880 bits per heavy atom. The molecule has 25 heavy (non-hydrogen) atoms. The van der Waals surface area contributed by atoms with Crippen molar-refractivity contribution >= 4 is 21.4 Å². The Balaban J connectivity index is 1.52. The maximum absolute atomic E-state index is 12.6. The fraction of sp³-hybridized carbons (Fsp3) is 0.333. The first-order valence-electron chi connectivity index (χ1n) is 8.39. The zero-order chi connectivity index (χ0) is 17.3. The topological polar surface area (TPSA) is 67.9 Å². The van der Waals surface area contributed by atoms with Crippen LogP contribution >= 0.6 is 0 Å². The first kappa shape index (κ1) is 16.1. The van der Waals surface area contributed by atoms with Crippen molar-refractivity contribution in [3.8, 4) is 11.5 Å². The average molecular weight is 360 g/mol. The summed E-state index contributed by atoms with van der Waals surface area (Å²) in [6, 6.07) is 12.1. The third-order valence-corrected chi connectivity index (χ3v) is 5.79. The molecule has 0 spiro atoms. The highest BCUT2D eigenvalue weighted by atomic mass is 32.2. The number of hydrogen-bond acceptors (Lipinski definition) is 5. The van der Waals surface area contributed by atoms with Gasteiger partial charge in [0.05, 0.1) is 4.90 Å². The molecule has 2 aliphatic rings. The van der Waals surface area contributed by atoms with E-state index in [0.29, 0.717) is 30.4 Å². The van der Waals surface area contributed by atoms with Gasteiger partial charge in [-0.2, -0.15) is 0 Å². The number of hydrogen-bond donors (Lipinski definition) is 1. The van der Waals surface area contributed by atoms with Gasteiger partial charge in [-0.3, -0.25) is 4.72 Å². The van der Waals surface area contributed by atoms with E-state index in [0.717, 1.165) is 18.8 Å². The lowest BCUT2D eigenvalue weighted by Crippen LogP contribution is -2.18. The minimum atomic E-state index is -3.68. The summed E-state index contributed by atoms with van der Waals surface area (Å²) in [6.45, 7) is 3.01. The summed E-state index contributed by atoms with van der Waals surface area (Å²) in [7, 11) is -3.68. The van der Waals surface area contributed by atoms with Crippen LogP contribution in [-0.2, 0) is 10.0 Å². The van der Waals surface area contributed by atoms with Gasteiger partial charge in [-0.1, -0.05) is 0 Å². The van der Waals surface area contributed by atoms with Crippen molar-refractivity contribution in [2.75, 3.05) is 35.9 Å². The minimum Gasteiger partial charge on any atom is -0.486 e. The number of rotatable bonds is 4. The molecule has 0 bridgehead atoms. The number of sulfonamides is 1. The molecule has 132 valence electrons. The number of fused-ring (bicyclic) bond motifs is 1. The molecule has 0 unspecified atom stereocenters. The molecule has 0 atom stereocenters. The van der Waals surface area contributed by atoms with Crippen LogP contribution in [0.25, 0.3) is 0 Å². The average Bonchev–Trinajstić information content (AvgIpc) is 3.16. The second kappa shape index (κ2) is 6.48. The predicted molar refractivity (Wildman–Crippen MR) is 96.1 cm³/mol. The summed E-state index contributed by atoms with van der Waals surface area (Å²) in [5.74, 6) is 1.03. The molecule has 1 N–H and O–H groups in total. The highest BCUT2D eigenvalue weighted by molar-refractivity contribution is 7.92. The van der Waals surface area contributed by atoms with Crippen LogP contribution in [0.2, 0.25) is 0 Å². The van der Waals surface area contributed by atoms with Gasteiger partial charge in [-0.25, -0.2) is 8.42 Å². The normalized spacial score (nSPS) is 16.7. The summed E-state index contributed by atoms with van der Waals surface area (Å²) in [5, 5.41) is 0. The van der Waals surface area contributed by atoms with Crippen LogP contribution in [0, 0.1) is 0 Å². The quantitative estimate of drug-likeness (QED) is 0.908. The molecule has 2 heterocycles. The number of ether oxygens (including phenoxy) is 2. The Labute approximate surface area is 147 Å². The van der Waals surface area contributed by atoms with E-state index >= 15 is 0 Å². The highest BCUT2D eigenvalue weighted by Gasteiger charge is 2.20. The second-order valence-corrected chi connectivity index (χ2v) is 7.83. The molecule has 2 aliphatic heterocycles. The van der Waals surface area contributed by atoms with Crippen LogP contribution in [0.1, 0.15) is 12.8 Å². The molecule has 0 aromatic heterocycles. The molecule has 0 saturated carbocycles. The summed E-state index contributed by atoms with van der Waals surface area (Å²) < 4.78 is 38.7. The van der Waals surface area contributed by atoms with Gasteiger partial charge in [0.25, 0.3) is 10.0 Å². The number of nitrogens with one attached hydrogen (secondary N) is 1. The van der Waals surface area contributed by atoms with E-state index in [1.165, 1.54) is 25.0 Å². The van der Waals surface area contributed by atoms with Crippen molar-refractivity contribution in [2.24, 2.45) is 0 Å². The molecule has 1 fully saturated rings. The minimum absolute atomic E-state index is 0.153. The molecule has 0 amide bonds. The Bertz CT molecular complexity index is 859. The number of nitrogens with zero attached hydrogens (tertiary/aromatic N) is 1. The lowest BCUT2D eigenvalue weighted by atomic mass is 10.2. The van der Waals surface area contributed by atoms with E-state index in [2.05, 4.69) is 9.62 Å². The Kier molecular flexibility index (Phi) is 4.17. The lowest BCUT2D eigenvalue weighted by molar-refractivity contribution is 0.171. The van der Waals surface area contributed by atoms with Crippen LogP contribution in [0.4, 0.5) is 11.4 Å². The molecular weight excluding hydrogens is 340 g/mol. The maximum atomic E-state index is 12.6. The second-order valence-electron chi connectivity index (χ2n) is 6.15. The van der Waals surface area contributed by atoms with Crippen LogP contribution in [0.5, 0.6) is 11.5 Å². The molecule has 0 radical (unpaired) electrons.